The SMILES string of the molecule is CC1(C)COC(=O)C(C)(C)N1CCOC(=O)CCCCCCCCC(=O)OCCN1C(C)(C)COC(=O)C1(C)C. The second kappa shape index (κ2) is 14.1. The molecule has 230 valence electrons. The zero-order chi connectivity index (χ0) is 30.2. The number of morpholine rings is 2. The summed E-state index contributed by atoms with van der Waals surface area (Å²) in [4.78, 5) is 52.7. The third-order valence-electron chi connectivity index (χ3n) is 8.09. The largest absolute Gasteiger partial charge is 0.464 e. The van der Waals surface area contributed by atoms with Gasteiger partial charge in [0.2, 0.25) is 0 Å². The van der Waals surface area contributed by atoms with Crippen LogP contribution < -0.4 is 0 Å². The smallest absolute Gasteiger partial charge is 0.326 e. The van der Waals surface area contributed by atoms with Crippen LogP contribution in [0, 0.1) is 0 Å². The summed E-state index contributed by atoms with van der Waals surface area (Å²) >= 11 is 0. The number of unbranched alkanes of at least 4 members (excludes halogenated alkanes) is 5. The van der Waals surface area contributed by atoms with Crippen molar-refractivity contribution in [1.82, 2.24) is 9.80 Å². The minimum Gasteiger partial charge on any atom is -0.464 e. The lowest BCUT2D eigenvalue weighted by Gasteiger charge is -2.50. The molecule has 10 heteroatoms. The molecule has 2 aliphatic heterocycles. The van der Waals surface area contributed by atoms with Crippen LogP contribution in [0.2, 0.25) is 0 Å². The Bertz CT molecular complexity index is 824. The fourth-order valence-corrected chi connectivity index (χ4v) is 5.78. The fraction of sp³-hybridized carbons (Fsp3) is 0.867. The molecule has 0 aromatic rings. The minimum absolute atomic E-state index is 0.217. The third kappa shape index (κ3) is 9.16. The van der Waals surface area contributed by atoms with Gasteiger partial charge in [0.1, 0.15) is 37.5 Å². The maximum atomic E-state index is 12.1. The third-order valence-corrected chi connectivity index (χ3v) is 8.09. The molecule has 2 saturated heterocycles. The van der Waals surface area contributed by atoms with E-state index in [4.69, 9.17) is 18.9 Å². The van der Waals surface area contributed by atoms with Crippen LogP contribution >= 0.6 is 0 Å². The van der Waals surface area contributed by atoms with Crippen LogP contribution in [0.15, 0.2) is 0 Å². The molecule has 0 aromatic carbocycles. The van der Waals surface area contributed by atoms with Crippen molar-refractivity contribution in [2.75, 3.05) is 39.5 Å². The molecule has 0 amide bonds. The average Bonchev–Trinajstić information content (AvgIpc) is 2.85. The number of esters is 4. The van der Waals surface area contributed by atoms with Gasteiger partial charge in [0.05, 0.1) is 11.1 Å². The predicted octanol–water partition coefficient (Wildman–Crippen LogP) is 4.03. The first-order valence-corrected chi connectivity index (χ1v) is 14.7. The quantitative estimate of drug-likeness (QED) is 0.163. The molecular formula is C30H52N2O8. The normalized spacial score (nSPS) is 21.8. The number of hydrogen-bond acceptors (Lipinski definition) is 10. The van der Waals surface area contributed by atoms with E-state index in [1.807, 2.05) is 65.2 Å². The Labute approximate surface area is 240 Å². The maximum absolute atomic E-state index is 12.1. The Morgan fingerprint density at radius 1 is 0.625 bits per heavy atom. The molecular weight excluding hydrogens is 516 g/mol. The molecule has 0 bridgehead atoms. The molecule has 40 heavy (non-hydrogen) atoms. The Hall–Kier alpha value is -2.20. The molecule has 0 N–H and O–H groups in total. The van der Waals surface area contributed by atoms with Crippen molar-refractivity contribution in [3.63, 3.8) is 0 Å². The van der Waals surface area contributed by atoms with Gasteiger partial charge in [0, 0.05) is 25.9 Å². The summed E-state index contributed by atoms with van der Waals surface area (Å²) in [6.45, 7) is 17.5. The second-order valence-electron chi connectivity index (χ2n) is 13.3. The van der Waals surface area contributed by atoms with Crippen molar-refractivity contribution < 1.29 is 38.1 Å². The molecule has 0 radical (unpaired) electrons. The number of carbonyl (C=O) groups is 4. The van der Waals surface area contributed by atoms with Crippen molar-refractivity contribution in [1.29, 1.82) is 0 Å². The first-order chi connectivity index (χ1) is 18.5. The summed E-state index contributed by atoms with van der Waals surface area (Å²) in [5, 5.41) is 0. The van der Waals surface area contributed by atoms with Crippen molar-refractivity contribution in [2.45, 2.75) is 129 Å². The number of ether oxygens (including phenoxy) is 4. The van der Waals surface area contributed by atoms with Gasteiger partial charge in [-0.3, -0.25) is 29.0 Å². The highest BCUT2D eigenvalue weighted by atomic mass is 16.6. The molecule has 2 aliphatic rings. The Kier molecular flexibility index (Phi) is 12.0. The monoisotopic (exact) mass is 568 g/mol. The van der Waals surface area contributed by atoms with Gasteiger partial charge in [-0.25, -0.2) is 0 Å². The van der Waals surface area contributed by atoms with E-state index in [1.54, 1.807) is 0 Å². The predicted molar refractivity (Wildman–Crippen MR) is 150 cm³/mol. The minimum atomic E-state index is -0.760. The average molecular weight is 569 g/mol. The van der Waals surface area contributed by atoms with E-state index in [9.17, 15) is 19.2 Å². The van der Waals surface area contributed by atoms with E-state index >= 15 is 0 Å². The van der Waals surface area contributed by atoms with E-state index in [0.29, 0.717) is 39.1 Å². The summed E-state index contributed by atoms with van der Waals surface area (Å²) in [6, 6.07) is 0. The van der Waals surface area contributed by atoms with Crippen molar-refractivity contribution in [3.8, 4) is 0 Å². The molecule has 10 nitrogen and oxygen atoms in total. The number of rotatable bonds is 15. The molecule has 0 saturated carbocycles. The lowest BCUT2D eigenvalue weighted by atomic mass is 9.91. The van der Waals surface area contributed by atoms with E-state index in [0.717, 1.165) is 38.5 Å². The van der Waals surface area contributed by atoms with Crippen molar-refractivity contribution in [3.05, 3.63) is 0 Å². The second-order valence-corrected chi connectivity index (χ2v) is 13.3. The lowest BCUT2D eigenvalue weighted by Crippen LogP contribution is -2.66. The van der Waals surface area contributed by atoms with Gasteiger partial charge in [-0.2, -0.15) is 0 Å². The number of cyclic esters (lactones) is 2. The van der Waals surface area contributed by atoms with E-state index in [-0.39, 0.29) is 48.2 Å². The highest BCUT2D eigenvalue weighted by Crippen LogP contribution is 2.32. The van der Waals surface area contributed by atoms with E-state index in [2.05, 4.69) is 0 Å². The van der Waals surface area contributed by atoms with Crippen LogP contribution in [0.1, 0.15) is 107 Å². The molecule has 0 unspecified atom stereocenters. The van der Waals surface area contributed by atoms with Crippen LogP contribution in [-0.2, 0) is 38.1 Å². The van der Waals surface area contributed by atoms with Crippen LogP contribution in [0.3, 0.4) is 0 Å². The molecule has 2 heterocycles. The highest BCUT2D eigenvalue weighted by Gasteiger charge is 2.49. The fourth-order valence-electron chi connectivity index (χ4n) is 5.78. The van der Waals surface area contributed by atoms with Gasteiger partial charge in [0.25, 0.3) is 0 Å². The zero-order valence-corrected chi connectivity index (χ0v) is 26.1. The lowest BCUT2D eigenvalue weighted by molar-refractivity contribution is -0.183. The summed E-state index contributed by atoms with van der Waals surface area (Å²) in [5.74, 6) is -0.950. The van der Waals surface area contributed by atoms with Crippen LogP contribution in [-0.4, -0.2) is 95.3 Å². The van der Waals surface area contributed by atoms with Gasteiger partial charge in [-0.05, 0) is 68.2 Å². The summed E-state index contributed by atoms with van der Waals surface area (Å²) in [7, 11) is 0. The van der Waals surface area contributed by atoms with Gasteiger partial charge in [0.15, 0.2) is 0 Å². The number of carbonyl (C=O) groups excluding carboxylic acids is 4. The molecule has 0 aliphatic carbocycles. The van der Waals surface area contributed by atoms with Crippen molar-refractivity contribution >= 4 is 23.9 Å². The first kappa shape index (κ1) is 34.0. The van der Waals surface area contributed by atoms with Gasteiger partial charge < -0.3 is 18.9 Å². The molecule has 0 spiro atoms. The highest BCUT2D eigenvalue weighted by molar-refractivity contribution is 5.81. The van der Waals surface area contributed by atoms with Crippen LogP contribution in [0.4, 0.5) is 0 Å². The van der Waals surface area contributed by atoms with Crippen LogP contribution in [0.25, 0.3) is 0 Å². The standard InChI is InChI=1S/C30H52N2O8/c1-27(2)21-39-25(35)29(5,6)31(27)17-19-37-23(33)15-13-11-9-10-12-14-16-24(34)38-20-18-32-28(3,4)22-40-26(36)30(32,7)8/h9-22H2,1-8H3. The zero-order valence-electron chi connectivity index (χ0n) is 26.1. The Balaban J connectivity index is 1.50. The number of hydrogen-bond donors (Lipinski definition) is 0. The maximum Gasteiger partial charge on any atom is 0.326 e. The first-order valence-electron chi connectivity index (χ1n) is 14.7. The Morgan fingerprint density at radius 3 is 1.30 bits per heavy atom. The van der Waals surface area contributed by atoms with Gasteiger partial charge in [-0.1, -0.05) is 25.7 Å². The summed E-state index contributed by atoms with van der Waals surface area (Å²) in [6.07, 6.45) is 6.15. The van der Waals surface area contributed by atoms with E-state index < -0.39 is 11.1 Å². The molecule has 0 aromatic heterocycles. The van der Waals surface area contributed by atoms with Crippen LogP contribution in [0.5, 0.6) is 0 Å². The van der Waals surface area contributed by atoms with Crippen molar-refractivity contribution in [2.24, 2.45) is 0 Å². The summed E-state index contributed by atoms with van der Waals surface area (Å²) in [5.41, 5.74) is -2.16. The topological polar surface area (TPSA) is 112 Å². The Morgan fingerprint density at radius 2 is 0.950 bits per heavy atom. The van der Waals surface area contributed by atoms with E-state index in [1.165, 1.54) is 0 Å². The molecule has 0 atom stereocenters. The number of nitrogens with zero attached hydrogens (tertiary/aromatic N) is 2. The molecule has 2 rings (SSSR count). The summed E-state index contributed by atoms with van der Waals surface area (Å²) < 4.78 is 21.5. The van der Waals surface area contributed by atoms with Gasteiger partial charge in [-0.15, -0.1) is 0 Å². The van der Waals surface area contributed by atoms with Gasteiger partial charge >= 0.3 is 23.9 Å². The molecule has 2 fully saturated rings.